The number of amides is 1. The van der Waals surface area contributed by atoms with E-state index < -0.39 is 5.91 Å². The molecule has 1 saturated heterocycles. The maximum Gasteiger partial charge on any atom is 0.300 e. The number of carbonyl (C=O) groups excluding carboxylic acids is 1. The van der Waals surface area contributed by atoms with Crippen LogP contribution in [0.2, 0.25) is 0 Å². The second-order valence-electron chi connectivity index (χ2n) is 7.45. The largest absolute Gasteiger partial charge is 0.422 e. The number of primary amides is 1. The third kappa shape index (κ3) is 3.47. The molecule has 0 radical (unpaired) electrons. The molecule has 1 amide bonds. The number of hydrogen-bond donors (Lipinski definition) is 3. The van der Waals surface area contributed by atoms with Crippen LogP contribution < -0.4 is 16.0 Å². The minimum absolute atomic E-state index is 0.104. The Morgan fingerprint density at radius 1 is 1.10 bits per heavy atom. The van der Waals surface area contributed by atoms with Gasteiger partial charge in [0.1, 0.15) is 0 Å². The molecule has 8 heteroatoms. The lowest BCUT2D eigenvalue weighted by atomic mass is 10.1. The van der Waals surface area contributed by atoms with E-state index in [-0.39, 0.29) is 11.7 Å². The molecular formula is C22H22N6O2. The molecule has 0 aliphatic carbocycles. The average Bonchev–Trinajstić information content (AvgIpc) is 3.41. The number of piperidine rings is 1. The Hall–Kier alpha value is -3.81. The fourth-order valence-corrected chi connectivity index (χ4v) is 3.86. The number of rotatable bonds is 5. The highest BCUT2D eigenvalue weighted by Crippen LogP contribution is 2.31. The first kappa shape index (κ1) is 18.2. The molecule has 30 heavy (non-hydrogen) atoms. The van der Waals surface area contributed by atoms with E-state index in [1.807, 2.05) is 42.5 Å². The van der Waals surface area contributed by atoms with E-state index in [1.54, 1.807) is 6.20 Å². The summed E-state index contributed by atoms with van der Waals surface area (Å²) in [6, 6.07) is 13.9. The van der Waals surface area contributed by atoms with E-state index in [9.17, 15) is 4.79 Å². The smallest absolute Gasteiger partial charge is 0.300 e. The second kappa shape index (κ2) is 7.55. The number of nitrogens with zero attached hydrogens (tertiary/aromatic N) is 3. The van der Waals surface area contributed by atoms with Crippen LogP contribution in [0.15, 0.2) is 53.1 Å². The van der Waals surface area contributed by atoms with Crippen molar-refractivity contribution in [1.29, 1.82) is 0 Å². The number of benzene rings is 2. The fourth-order valence-electron chi connectivity index (χ4n) is 3.86. The molecule has 0 saturated carbocycles. The molecule has 0 unspecified atom stereocenters. The van der Waals surface area contributed by atoms with Crippen LogP contribution in [0.25, 0.3) is 22.2 Å². The number of aromatic amines is 1. The van der Waals surface area contributed by atoms with Gasteiger partial charge in [-0.2, -0.15) is 10.1 Å². The van der Waals surface area contributed by atoms with E-state index in [4.69, 9.17) is 10.2 Å². The summed E-state index contributed by atoms with van der Waals surface area (Å²) >= 11 is 0. The van der Waals surface area contributed by atoms with Crippen molar-refractivity contribution < 1.29 is 9.21 Å². The highest BCUT2D eigenvalue weighted by atomic mass is 16.4. The highest BCUT2D eigenvalue weighted by molar-refractivity contribution is 5.97. The highest BCUT2D eigenvalue weighted by Gasteiger charge is 2.20. The number of carbonyl (C=O) groups is 1. The number of fused-ring (bicyclic) bond motifs is 1. The molecule has 1 fully saturated rings. The minimum Gasteiger partial charge on any atom is -0.422 e. The van der Waals surface area contributed by atoms with Gasteiger partial charge in [0.05, 0.1) is 11.7 Å². The van der Waals surface area contributed by atoms with E-state index >= 15 is 0 Å². The van der Waals surface area contributed by atoms with Crippen LogP contribution in [0.4, 0.5) is 17.4 Å². The van der Waals surface area contributed by atoms with Gasteiger partial charge in [-0.05, 0) is 61.7 Å². The quantitative estimate of drug-likeness (QED) is 0.464. The Labute approximate surface area is 173 Å². The van der Waals surface area contributed by atoms with Gasteiger partial charge in [-0.1, -0.05) is 0 Å². The predicted octanol–water partition coefficient (Wildman–Crippen LogP) is 4.05. The van der Waals surface area contributed by atoms with Gasteiger partial charge >= 0.3 is 0 Å². The van der Waals surface area contributed by atoms with E-state index in [0.29, 0.717) is 5.76 Å². The lowest BCUT2D eigenvalue weighted by molar-refractivity contribution is 0.0996. The number of hydrogen-bond acceptors (Lipinski definition) is 6. The number of aromatic nitrogens is 3. The molecule has 8 nitrogen and oxygen atoms in total. The van der Waals surface area contributed by atoms with Crippen molar-refractivity contribution in [2.75, 3.05) is 23.3 Å². The van der Waals surface area contributed by atoms with Crippen molar-refractivity contribution in [2.45, 2.75) is 19.3 Å². The summed E-state index contributed by atoms with van der Waals surface area (Å²) in [5.41, 5.74) is 9.29. The molecule has 152 valence electrons. The van der Waals surface area contributed by atoms with Gasteiger partial charge in [0.25, 0.3) is 11.9 Å². The van der Waals surface area contributed by atoms with Crippen molar-refractivity contribution >= 4 is 34.2 Å². The summed E-state index contributed by atoms with van der Waals surface area (Å²) in [6.07, 6.45) is 5.46. The molecular weight excluding hydrogens is 380 g/mol. The molecule has 2 aromatic heterocycles. The number of H-pyrrole nitrogens is 1. The Bertz CT molecular complexity index is 1190. The average molecular weight is 402 g/mol. The van der Waals surface area contributed by atoms with Crippen LogP contribution in [0, 0.1) is 0 Å². The van der Waals surface area contributed by atoms with Crippen LogP contribution >= 0.6 is 0 Å². The lowest BCUT2D eigenvalue weighted by Crippen LogP contribution is -2.29. The van der Waals surface area contributed by atoms with Gasteiger partial charge in [-0.25, -0.2) is 0 Å². The number of nitrogens with one attached hydrogen (secondary N) is 2. The normalized spacial score (nSPS) is 14.2. The van der Waals surface area contributed by atoms with Gasteiger partial charge in [0.15, 0.2) is 11.5 Å². The molecule has 1 aliphatic rings. The van der Waals surface area contributed by atoms with E-state index in [1.165, 1.54) is 24.9 Å². The van der Waals surface area contributed by atoms with Crippen LogP contribution in [0.5, 0.6) is 0 Å². The molecule has 2 aromatic carbocycles. The molecule has 5 rings (SSSR count). The van der Waals surface area contributed by atoms with Crippen molar-refractivity contribution in [3.8, 4) is 11.3 Å². The molecule has 4 N–H and O–H groups in total. The van der Waals surface area contributed by atoms with E-state index in [0.717, 1.165) is 35.2 Å². The van der Waals surface area contributed by atoms with Gasteiger partial charge < -0.3 is 20.4 Å². The first-order valence-corrected chi connectivity index (χ1v) is 10.0. The first-order chi connectivity index (χ1) is 14.7. The van der Waals surface area contributed by atoms with Crippen LogP contribution in [-0.2, 0) is 0 Å². The van der Waals surface area contributed by atoms with Crippen molar-refractivity contribution in [3.05, 3.63) is 54.4 Å². The number of anilines is 3. The Kier molecular flexibility index (Phi) is 4.59. The monoisotopic (exact) mass is 402 g/mol. The lowest BCUT2D eigenvalue weighted by Gasteiger charge is -2.28. The van der Waals surface area contributed by atoms with E-state index in [2.05, 4.69) is 25.4 Å². The Morgan fingerprint density at radius 2 is 1.90 bits per heavy atom. The standard InChI is InChI=1S/C22H22N6O2/c23-21(29)19-20(14-4-7-17(8-5-14)28-10-2-1-3-11-28)30-22(26-19)25-16-6-9-18-15(12-16)13-24-27-18/h4-9,12-13H,1-3,10-11H2,(H2,23,29)(H,24,27)(H,25,26). The molecule has 0 spiro atoms. The molecule has 0 atom stereocenters. The first-order valence-electron chi connectivity index (χ1n) is 10.0. The van der Waals surface area contributed by atoms with Crippen LogP contribution in [-0.4, -0.2) is 34.2 Å². The Morgan fingerprint density at radius 3 is 2.67 bits per heavy atom. The zero-order valence-electron chi connectivity index (χ0n) is 16.4. The van der Waals surface area contributed by atoms with Gasteiger partial charge in [0.2, 0.25) is 0 Å². The maximum absolute atomic E-state index is 12.0. The van der Waals surface area contributed by atoms with Gasteiger partial charge in [-0.15, -0.1) is 0 Å². The summed E-state index contributed by atoms with van der Waals surface area (Å²) in [6.45, 7) is 2.15. The summed E-state index contributed by atoms with van der Waals surface area (Å²) in [4.78, 5) is 18.6. The summed E-state index contributed by atoms with van der Waals surface area (Å²) in [5.74, 6) is -0.272. The predicted molar refractivity (Wildman–Crippen MR) is 116 cm³/mol. The number of oxazole rings is 1. The summed E-state index contributed by atoms with van der Waals surface area (Å²) < 4.78 is 5.88. The third-order valence-corrected chi connectivity index (χ3v) is 5.40. The fraction of sp³-hybridized carbons (Fsp3) is 0.227. The van der Waals surface area contributed by atoms with Crippen LogP contribution in [0.3, 0.4) is 0 Å². The molecule has 4 aromatic rings. The summed E-state index contributed by atoms with van der Waals surface area (Å²) in [5, 5.41) is 11.0. The topological polar surface area (TPSA) is 113 Å². The molecule has 3 heterocycles. The summed E-state index contributed by atoms with van der Waals surface area (Å²) in [7, 11) is 0. The van der Waals surface area contributed by atoms with Crippen molar-refractivity contribution in [1.82, 2.24) is 15.2 Å². The molecule has 0 bridgehead atoms. The van der Waals surface area contributed by atoms with Gasteiger partial charge in [0, 0.05) is 35.4 Å². The third-order valence-electron chi connectivity index (χ3n) is 5.40. The number of nitrogens with two attached hydrogens (primary N) is 1. The molecule has 1 aliphatic heterocycles. The second-order valence-corrected chi connectivity index (χ2v) is 7.45. The zero-order valence-corrected chi connectivity index (χ0v) is 16.4. The Balaban J connectivity index is 1.43. The minimum atomic E-state index is -0.632. The SMILES string of the molecule is NC(=O)c1nc(Nc2ccc3[nH]ncc3c2)oc1-c1ccc(N2CCCCC2)cc1. The van der Waals surface area contributed by atoms with Crippen LogP contribution in [0.1, 0.15) is 29.8 Å². The van der Waals surface area contributed by atoms with Gasteiger partial charge in [-0.3, -0.25) is 9.89 Å². The van der Waals surface area contributed by atoms with Crippen molar-refractivity contribution in [3.63, 3.8) is 0 Å². The maximum atomic E-state index is 12.0. The van der Waals surface area contributed by atoms with Crippen molar-refractivity contribution in [2.24, 2.45) is 5.73 Å². The zero-order chi connectivity index (χ0) is 20.5.